The summed E-state index contributed by atoms with van der Waals surface area (Å²) in [5, 5.41) is 3.34. The van der Waals surface area contributed by atoms with E-state index in [4.69, 9.17) is 9.47 Å². The minimum Gasteiger partial charge on any atom is -0.379 e. The topological polar surface area (TPSA) is 30.5 Å². The van der Waals surface area contributed by atoms with Gasteiger partial charge in [0.25, 0.3) is 0 Å². The molecule has 2 atom stereocenters. The predicted octanol–water partition coefficient (Wildman–Crippen LogP) is 1.96. The molecule has 2 fully saturated rings. The minimum absolute atomic E-state index is 0.350. The normalized spacial score (nSPS) is 29.8. The zero-order chi connectivity index (χ0) is 11.2. The Morgan fingerprint density at radius 2 is 2.00 bits per heavy atom. The van der Waals surface area contributed by atoms with Gasteiger partial charge in [-0.3, -0.25) is 0 Å². The van der Waals surface area contributed by atoms with Crippen molar-refractivity contribution in [2.24, 2.45) is 5.92 Å². The fourth-order valence-electron chi connectivity index (χ4n) is 2.23. The Kier molecular flexibility index (Phi) is 5.07. The second-order valence-corrected chi connectivity index (χ2v) is 5.07. The Morgan fingerprint density at radius 3 is 2.75 bits per heavy atom. The van der Waals surface area contributed by atoms with E-state index in [0.717, 1.165) is 32.2 Å². The summed E-state index contributed by atoms with van der Waals surface area (Å²) >= 11 is 0. The monoisotopic (exact) mass is 227 g/mol. The van der Waals surface area contributed by atoms with Crippen LogP contribution in [0.1, 0.15) is 39.0 Å². The molecule has 1 saturated carbocycles. The standard InChI is InChI=1S/C13H25NO2/c1-2-14-9-12-5-6-13(16-12)10-15-8-7-11-3-4-11/h11-14H,2-10H2,1H3. The highest BCUT2D eigenvalue weighted by molar-refractivity contribution is 4.75. The van der Waals surface area contributed by atoms with Crippen molar-refractivity contribution in [2.45, 2.75) is 51.2 Å². The van der Waals surface area contributed by atoms with E-state index in [0.29, 0.717) is 12.2 Å². The predicted molar refractivity (Wildman–Crippen MR) is 64.6 cm³/mol. The van der Waals surface area contributed by atoms with Crippen LogP contribution in [-0.4, -0.2) is 38.5 Å². The van der Waals surface area contributed by atoms with Crippen LogP contribution in [0.25, 0.3) is 0 Å². The molecule has 0 aromatic rings. The lowest BCUT2D eigenvalue weighted by Gasteiger charge is -2.14. The van der Waals surface area contributed by atoms with Gasteiger partial charge < -0.3 is 14.8 Å². The first kappa shape index (κ1) is 12.3. The molecule has 0 radical (unpaired) electrons. The van der Waals surface area contributed by atoms with Gasteiger partial charge in [0.15, 0.2) is 0 Å². The Morgan fingerprint density at radius 1 is 1.19 bits per heavy atom. The summed E-state index contributed by atoms with van der Waals surface area (Å²) in [7, 11) is 0. The van der Waals surface area contributed by atoms with Gasteiger partial charge in [0, 0.05) is 13.2 Å². The van der Waals surface area contributed by atoms with E-state index in [1.54, 1.807) is 0 Å². The fourth-order valence-corrected chi connectivity index (χ4v) is 2.23. The van der Waals surface area contributed by atoms with Crippen LogP contribution in [-0.2, 0) is 9.47 Å². The van der Waals surface area contributed by atoms with E-state index < -0.39 is 0 Å². The van der Waals surface area contributed by atoms with Crippen LogP contribution >= 0.6 is 0 Å². The van der Waals surface area contributed by atoms with Gasteiger partial charge in [0.1, 0.15) is 0 Å². The maximum atomic E-state index is 5.90. The zero-order valence-corrected chi connectivity index (χ0v) is 10.4. The average Bonchev–Trinajstić information content (AvgIpc) is 3.01. The summed E-state index contributed by atoms with van der Waals surface area (Å²) in [5.74, 6) is 0.978. The molecular weight excluding hydrogens is 202 g/mol. The van der Waals surface area contributed by atoms with Gasteiger partial charge in [-0.2, -0.15) is 0 Å². The Hall–Kier alpha value is -0.120. The smallest absolute Gasteiger partial charge is 0.0813 e. The molecule has 1 aliphatic carbocycles. The maximum Gasteiger partial charge on any atom is 0.0813 e. The number of ether oxygens (including phenoxy) is 2. The van der Waals surface area contributed by atoms with Crippen LogP contribution in [0.5, 0.6) is 0 Å². The average molecular weight is 227 g/mol. The molecule has 2 aliphatic rings. The van der Waals surface area contributed by atoms with Crippen molar-refractivity contribution in [3.63, 3.8) is 0 Å². The van der Waals surface area contributed by atoms with E-state index in [1.807, 2.05) is 0 Å². The molecule has 0 bridgehead atoms. The van der Waals surface area contributed by atoms with E-state index in [1.165, 1.54) is 32.1 Å². The molecule has 16 heavy (non-hydrogen) atoms. The SMILES string of the molecule is CCNCC1CCC(COCCC2CC2)O1. The summed E-state index contributed by atoms with van der Waals surface area (Å²) in [6.07, 6.45) is 7.22. The third-order valence-electron chi connectivity index (χ3n) is 3.49. The summed E-state index contributed by atoms with van der Waals surface area (Å²) < 4.78 is 11.6. The molecule has 3 heteroatoms. The van der Waals surface area contributed by atoms with Crippen molar-refractivity contribution in [2.75, 3.05) is 26.3 Å². The lowest BCUT2D eigenvalue weighted by molar-refractivity contribution is -0.0152. The van der Waals surface area contributed by atoms with Crippen LogP contribution in [0, 0.1) is 5.92 Å². The number of nitrogens with one attached hydrogen (secondary N) is 1. The fraction of sp³-hybridized carbons (Fsp3) is 1.00. The highest BCUT2D eigenvalue weighted by Gasteiger charge is 2.25. The van der Waals surface area contributed by atoms with Gasteiger partial charge in [0.2, 0.25) is 0 Å². The maximum absolute atomic E-state index is 5.90. The van der Waals surface area contributed by atoms with E-state index in [-0.39, 0.29) is 0 Å². The van der Waals surface area contributed by atoms with Crippen LogP contribution in [0.3, 0.4) is 0 Å². The first-order chi connectivity index (χ1) is 7.88. The van der Waals surface area contributed by atoms with Gasteiger partial charge in [-0.15, -0.1) is 0 Å². The third-order valence-corrected chi connectivity index (χ3v) is 3.49. The van der Waals surface area contributed by atoms with Crippen molar-refractivity contribution < 1.29 is 9.47 Å². The largest absolute Gasteiger partial charge is 0.379 e. The lowest BCUT2D eigenvalue weighted by atomic mass is 10.2. The number of hydrogen-bond donors (Lipinski definition) is 1. The molecule has 0 spiro atoms. The van der Waals surface area contributed by atoms with Crippen LogP contribution < -0.4 is 5.32 Å². The summed E-state index contributed by atoms with van der Waals surface area (Å²) in [5.41, 5.74) is 0. The highest BCUT2D eigenvalue weighted by atomic mass is 16.5. The third kappa shape index (κ3) is 4.40. The van der Waals surface area contributed by atoms with Crippen molar-refractivity contribution in [1.82, 2.24) is 5.32 Å². The molecule has 1 aliphatic heterocycles. The van der Waals surface area contributed by atoms with E-state index >= 15 is 0 Å². The molecule has 2 rings (SSSR count). The van der Waals surface area contributed by atoms with Crippen molar-refractivity contribution in [1.29, 1.82) is 0 Å². The number of likely N-dealkylation sites (N-methyl/N-ethyl adjacent to an activating group) is 1. The van der Waals surface area contributed by atoms with E-state index in [2.05, 4.69) is 12.2 Å². The van der Waals surface area contributed by atoms with Crippen LogP contribution in [0.2, 0.25) is 0 Å². The van der Waals surface area contributed by atoms with Crippen LogP contribution in [0.15, 0.2) is 0 Å². The van der Waals surface area contributed by atoms with Gasteiger partial charge in [0.05, 0.1) is 18.8 Å². The van der Waals surface area contributed by atoms with Gasteiger partial charge in [-0.25, -0.2) is 0 Å². The Bertz CT molecular complexity index is 194. The van der Waals surface area contributed by atoms with Crippen molar-refractivity contribution in [3.05, 3.63) is 0 Å². The molecule has 0 amide bonds. The minimum atomic E-state index is 0.350. The molecule has 0 aromatic heterocycles. The first-order valence-corrected chi connectivity index (χ1v) is 6.82. The molecule has 94 valence electrons. The van der Waals surface area contributed by atoms with Crippen molar-refractivity contribution in [3.8, 4) is 0 Å². The number of hydrogen-bond acceptors (Lipinski definition) is 3. The summed E-state index contributed by atoms with van der Waals surface area (Å²) in [4.78, 5) is 0. The zero-order valence-electron chi connectivity index (χ0n) is 10.4. The Balaban J connectivity index is 1.47. The molecule has 1 heterocycles. The second-order valence-electron chi connectivity index (χ2n) is 5.07. The quantitative estimate of drug-likeness (QED) is 0.643. The van der Waals surface area contributed by atoms with Gasteiger partial charge in [-0.05, 0) is 31.7 Å². The molecule has 1 saturated heterocycles. The van der Waals surface area contributed by atoms with Crippen molar-refractivity contribution >= 4 is 0 Å². The van der Waals surface area contributed by atoms with Crippen LogP contribution in [0.4, 0.5) is 0 Å². The first-order valence-electron chi connectivity index (χ1n) is 6.82. The molecule has 1 N–H and O–H groups in total. The summed E-state index contributed by atoms with van der Waals surface area (Å²) in [6.45, 7) is 5.89. The molecule has 3 nitrogen and oxygen atoms in total. The lowest BCUT2D eigenvalue weighted by Crippen LogP contribution is -2.27. The van der Waals surface area contributed by atoms with E-state index in [9.17, 15) is 0 Å². The molecule has 0 aromatic carbocycles. The second kappa shape index (κ2) is 6.58. The van der Waals surface area contributed by atoms with Gasteiger partial charge in [-0.1, -0.05) is 19.8 Å². The summed E-state index contributed by atoms with van der Waals surface area (Å²) in [6, 6.07) is 0. The number of rotatable bonds is 8. The molecule has 2 unspecified atom stereocenters. The van der Waals surface area contributed by atoms with Gasteiger partial charge >= 0.3 is 0 Å². The molecular formula is C13H25NO2. The highest BCUT2D eigenvalue weighted by Crippen LogP contribution is 2.32. The Labute approximate surface area is 98.9 Å².